The number of rotatable bonds is 10. The molecule has 8 unspecified atom stereocenters. The fourth-order valence-corrected chi connectivity index (χ4v) is 10.5. The van der Waals surface area contributed by atoms with Crippen LogP contribution < -0.4 is 5.32 Å². The van der Waals surface area contributed by atoms with Gasteiger partial charge in [-0.25, -0.2) is 4.79 Å². The summed E-state index contributed by atoms with van der Waals surface area (Å²) in [5.74, 6) is 10.8. The molecule has 3 N–H and O–H groups in total. The topological polar surface area (TPSA) is 180 Å². The van der Waals surface area contributed by atoms with E-state index >= 15 is 4.79 Å². The third kappa shape index (κ3) is 8.72. The zero-order chi connectivity index (χ0) is 48.0. The van der Waals surface area contributed by atoms with E-state index < -0.39 is 65.5 Å². The number of ketones is 1. The molecule has 2 amide bonds. The summed E-state index contributed by atoms with van der Waals surface area (Å²) in [6.45, 7) is 17.5. The number of pyridine rings is 1. The summed E-state index contributed by atoms with van der Waals surface area (Å²) in [5.41, 5.74) is 1.40. The number of carbonyl (C=O) groups is 3. The number of allylic oxidation sites excluding steroid dienone is 3. The first-order valence-corrected chi connectivity index (χ1v) is 23.2. The molecule has 5 heterocycles. The van der Waals surface area contributed by atoms with Crippen molar-refractivity contribution < 1.29 is 52.6 Å². The first-order chi connectivity index (χ1) is 32.0. The highest BCUT2D eigenvalue weighted by molar-refractivity contribution is 6.15. The molecule has 0 radical (unpaired) electrons. The Morgan fingerprint density at radius 2 is 1.84 bits per heavy atom. The van der Waals surface area contributed by atoms with Gasteiger partial charge in [-0.1, -0.05) is 55.2 Å². The fraction of sp³-hybridized carbons (Fsp3) is 0.538. The molecule has 2 aromatic heterocycles. The van der Waals surface area contributed by atoms with Crippen molar-refractivity contribution in [3.05, 3.63) is 76.8 Å². The minimum atomic E-state index is -1.66. The molecule has 356 valence electrons. The number of hydrogen-bond acceptors (Lipinski definition) is 12. The van der Waals surface area contributed by atoms with Crippen LogP contribution in [0.4, 0.5) is 4.79 Å². The summed E-state index contributed by atoms with van der Waals surface area (Å²) in [5, 5.41) is 17.6. The lowest BCUT2D eigenvalue weighted by Crippen LogP contribution is -2.65. The molecule has 1 spiro atoms. The lowest BCUT2D eigenvalue weighted by atomic mass is 9.66. The van der Waals surface area contributed by atoms with Gasteiger partial charge in [-0.05, 0) is 89.8 Å². The van der Waals surface area contributed by atoms with Gasteiger partial charge < -0.3 is 48.1 Å². The average Bonchev–Trinajstić information content (AvgIpc) is 3.91. The molecule has 3 aromatic rings. The van der Waals surface area contributed by atoms with Gasteiger partial charge in [-0.2, -0.15) is 0 Å². The van der Waals surface area contributed by atoms with Crippen LogP contribution in [-0.4, -0.2) is 120 Å². The number of aliphatic hydroxyl groups excluding tert-OH is 1. The normalized spacial score (nSPS) is 32.4. The van der Waals surface area contributed by atoms with E-state index in [1.165, 1.54) is 7.11 Å². The number of alkyl carbamates (subject to hydrolysis) is 1. The number of methoxy groups -OCH3 is 1. The number of H-pyrrole nitrogens is 1. The summed E-state index contributed by atoms with van der Waals surface area (Å²) in [4.78, 5) is 51.2. The van der Waals surface area contributed by atoms with Gasteiger partial charge in [-0.3, -0.25) is 19.9 Å². The molecule has 2 bridgehead atoms. The Bertz CT molecular complexity index is 2660. The van der Waals surface area contributed by atoms with Gasteiger partial charge in [0.15, 0.2) is 18.4 Å². The van der Waals surface area contributed by atoms with E-state index in [1.54, 1.807) is 39.1 Å². The van der Waals surface area contributed by atoms with E-state index in [0.29, 0.717) is 23.9 Å². The second-order valence-electron chi connectivity index (χ2n) is 18.9. The van der Waals surface area contributed by atoms with Crippen molar-refractivity contribution in [3.63, 3.8) is 0 Å². The first-order valence-electron chi connectivity index (χ1n) is 23.2. The van der Waals surface area contributed by atoms with E-state index in [2.05, 4.69) is 45.0 Å². The molecule has 3 aliphatic heterocycles. The minimum Gasteiger partial charge on any atom is -0.453 e. The molecular weight excluding hydrogens is 857 g/mol. The van der Waals surface area contributed by atoms with Crippen LogP contribution in [0, 0.1) is 47.4 Å². The maximum absolute atomic E-state index is 15.3. The second kappa shape index (κ2) is 19.0. The number of nitrogens with zero attached hydrogens (tertiary/aromatic N) is 2. The van der Waals surface area contributed by atoms with E-state index in [1.807, 2.05) is 70.7 Å². The molecule has 15 nitrogen and oxygen atoms in total. The number of fused-ring (bicyclic) bond motifs is 5. The maximum atomic E-state index is 15.3. The summed E-state index contributed by atoms with van der Waals surface area (Å²) in [6, 6.07) is 7.59. The molecule has 0 saturated carbocycles. The van der Waals surface area contributed by atoms with Crippen molar-refractivity contribution in [1.82, 2.24) is 20.2 Å². The third-order valence-corrected chi connectivity index (χ3v) is 14.1. The fourth-order valence-electron chi connectivity index (χ4n) is 10.5. The summed E-state index contributed by atoms with van der Waals surface area (Å²) < 4.78 is 45.1. The smallest absolute Gasteiger partial charge is 0.411 e. The number of ether oxygens (including phenoxy) is 7. The van der Waals surface area contributed by atoms with Gasteiger partial charge in [0.25, 0.3) is 0 Å². The Labute approximate surface area is 391 Å². The Balaban J connectivity index is 1.24. The highest BCUT2D eigenvalue weighted by Gasteiger charge is 2.60. The zero-order valence-corrected chi connectivity index (χ0v) is 40.0. The number of aryl methyl sites for hydroxylation is 1. The van der Waals surface area contributed by atoms with Crippen molar-refractivity contribution in [3.8, 4) is 23.7 Å². The van der Waals surface area contributed by atoms with Crippen LogP contribution in [0.15, 0.2) is 65.5 Å². The van der Waals surface area contributed by atoms with E-state index in [0.717, 1.165) is 27.4 Å². The van der Waals surface area contributed by atoms with Crippen LogP contribution in [0.2, 0.25) is 0 Å². The van der Waals surface area contributed by atoms with Crippen molar-refractivity contribution in [2.75, 3.05) is 26.9 Å². The van der Waals surface area contributed by atoms with Crippen LogP contribution in [0.5, 0.6) is 0 Å². The van der Waals surface area contributed by atoms with Gasteiger partial charge in [0.05, 0.1) is 61.1 Å². The number of carbonyl (C=O) groups excluding carboxylic acids is 3. The molecule has 2 aliphatic carbocycles. The Morgan fingerprint density at radius 1 is 1.09 bits per heavy atom. The summed E-state index contributed by atoms with van der Waals surface area (Å²) in [6.07, 6.45) is -0.170. The zero-order valence-electron chi connectivity index (χ0n) is 40.0. The lowest BCUT2D eigenvalue weighted by molar-refractivity contribution is -0.338. The molecule has 8 rings (SSSR count). The average molecular weight is 919 g/mol. The standard InChI is InChI=1S/C52H62N4O11/c1-11-16-36-41-39(17-14-12-13-15-21-50(36,8)28-52(63-23-24-64-52)45(41)55-49(60)61-10)66-48-44(67-40-26-31(5)38(27-62-40)56(29(2)3)33(7)57)47(59)51(9,32(6)65-48)46(58)43-42-34(20-22-53-43)35-25-30(4)18-19-37(35)54-42/h12-13,16,18-20,22,25,29,31-32,38-40,44,47-48,54,59H,11,23-24,26-28H2,1-10H3,(H,55,60)/b13-12-,36-16+/t31?,32?,38?,39-,40?,44?,47?,48?,50+,51?/m0/s1. The van der Waals surface area contributed by atoms with Crippen molar-refractivity contribution >= 4 is 39.6 Å². The largest absolute Gasteiger partial charge is 0.453 e. The maximum Gasteiger partial charge on any atom is 0.411 e. The first kappa shape index (κ1) is 48.1. The van der Waals surface area contributed by atoms with E-state index in [4.69, 9.17) is 33.2 Å². The van der Waals surface area contributed by atoms with Gasteiger partial charge in [-0.15, -0.1) is 0 Å². The highest BCUT2D eigenvalue weighted by Crippen LogP contribution is 2.53. The number of amides is 2. The summed E-state index contributed by atoms with van der Waals surface area (Å²) >= 11 is 0. The van der Waals surface area contributed by atoms with E-state index in [9.17, 15) is 14.7 Å². The van der Waals surface area contributed by atoms with Gasteiger partial charge in [0.1, 0.15) is 24.0 Å². The van der Waals surface area contributed by atoms with Crippen molar-refractivity contribution in [1.29, 1.82) is 0 Å². The van der Waals surface area contributed by atoms with Crippen LogP contribution in [-0.2, 0) is 38.0 Å². The number of benzene rings is 1. The van der Waals surface area contributed by atoms with Gasteiger partial charge in [0.2, 0.25) is 11.7 Å². The Morgan fingerprint density at radius 3 is 2.52 bits per heavy atom. The second-order valence-corrected chi connectivity index (χ2v) is 18.9. The van der Waals surface area contributed by atoms with Gasteiger partial charge >= 0.3 is 6.09 Å². The quantitative estimate of drug-likeness (QED) is 0.144. The number of aliphatic hydroxyl groups is 1. The lowest BCUT2D eigenvalue weighted by Gasteiger charge is -2.51. The highest BCUT2D eigenvalue weighted by atomic mass is 16.7. The van der Waals surface area contributed by atoms with Crippen LogP contribution in [0.3, 0.4) is 0 Å². The predicted molar refractivity (Wildman–Crippen MR) is 249 cm³/mol. The van der Waals surface area contributed by atoms with Crippen molar-refractivity contribution in [2.45, 2.75) is 136 Å². The van der Waals surface area contributed by atoms with Crippen molar-refractivity contribution in [2.24, 2.45) is 16.7 Å². The van der Waals surface area contributed by atoms with Crippen LogP contribution >= 0.6 is 0 Å². The summed E-state index contributed by atoms with van der Waals surface area (Å²) in [7, 11) is 1.27. The Hall–Kier alpha value is -5.36. The molecule has 5 aliphatic rings. The van der Waals surface area contributed by atoms with Crippen LogP contribution in [0.1, 0.15) is 90.7 Å². The van der Waals surface area contributed by atoms with E-state index in [-0.39, 0.29) is 61.5 Å². The van der Waals surface area contributed by atoms with Crippen LogP contribution in [0.25, 0.3) is 21.8 Å². The molecule has 15 heteroatoms. The third-order valence-electron chi connectivity index (χ3n) is 14.1. The molecule has 10 atom stereocenters. The number of aromatic nitrogens is 2. The number of nitrogens with one attached hydrogen (secondary N) is 2. The molecular formula is C52H62N4O11. The Kier molecular flexibility index (Phi) is 13.6. The number of hydrogen-bond donors (Lipinski definition) is 3. The number of Topliss-reactive ketones (excluding diaryl/α,β-unsaturated/α-hetero) is 1. The monoisotopic (exact) mass is 918 g/mol. The predicted octanol–water partition coefficient (Wildman–Crippen LogP) is 6.77. The molecule has 3 saturated heterocycles. The minimum absolute atomic E-state index is 0.0649. The molecule has 3 fully saturated rings. The molecule has 67 heavy (non-hydrogen) atoms. The molecule has 1 aromatic carbocycles. The number of aromatic amines is 1. The SMILES string of the molecule is CC/C=C1\C2=C(NC(=O)OC)C3(C[C@@]1(C)C#C/C=C\C#C[C@@H]2OC1OC(C)C(C)(C(=O)c2nccc4c2[nH]c2ccc(C)cc24)C(O)C1OC1CC(C)C(N(C(C)=O)C(C)C)CO1)OCCO3. The van der Waals surface area contributed by atoms with Gasteiger partial charge in [0, 0.05) is 53.9 Å².